The maximum atomic E-state index is 13.1. The molecule has 1 aliphatic rings. The Bertz CT molecular complexity index is 568. The highest BCUT2D eigenvalue weighted by atomic mass is 79.9. The molecule has 0 radical (unpaired) electrons. The van der Waals surface area contributed by atoms with Crippen molar-refractivity contribution in [2.75, 3.05) is 36.0 Å². The molecule has 0 unspecified atom stereocenters. The van der Waals surface area contributed by atoms with E-state index in [-0.39, 0.29) is 0 Å². The number of hydrogen-bond acceptors (Lipinski definition) is 5. The van der Waals surface area contributed by atoms with Crippen LogP contribution in [0.3, 0.4) is 0 Å². The van der Waals surface area contributed by atoms with Crippen LogP contribution >= 0.6 is 27.3 Å². The van der Waals surface area contributed by atoms with Crippen LogP contribution in [0.25, 0.3) is 0 Å². The third-order valence-electron chi connectivity index (χ3n) is 3.04. The van der Waals surface area contributed by atoms with Crippen molar-refractivity contribution < 1.29 is 4.39 Å². The van der Waals surface area contributed by atoms with Crippen LogP contribution in [0.5, 0.6) is 0 Å². The van der Waals surface area contributed by atoms with Gasteiger partial charge in [-0.05, 0) is 28.1 Å². The van der Waals surface area contributed by atoms with Gasteiger partial charge >= 0.3 is 0 Å². The minimum absolute atomic E-state index is 0.427. The average Bonchev–Trinajstić information content (AvgIpc) is 2.86. The number of pyridine rings is 1. The van der Waals surface area contributed by atoms with Crippen LogP contribution < -0.4 is 9.80 Å². The van der Waals surface area contributed by atoms with Crippen molar-refractivity contribution in [3.05, 3.63) is 34.1 Å². The summed E-state index contributed by atoms with van der Waals surface area (Å²) in [5.41, 5.74) is 0. The highest BCUT2D eigenvalue weighted by Gasteiger charge is 2.20. The first kappa shape index (κ1) is 12.8. The minimum Gasteiger partial charge on any atom is -0.353 e. The number of hydrogen-bond donors (Lipinski definition) is 0. The van der Waals surface area contributed by atoms with Gasteiger partial charge in [-0.25, -0.2) is 9.97 Å². The predicted molar refractivity (Wildman–Crippen MR) is 78.4 cm³/mol. The third kappa shape index (κ3) is 2.87. The molecule has 2 aromatic heterocycles. The van der Waals surface area contributed by atoms with E-state index in [1.807, 2.05) is 11.4 Å². The molecule has 3 rings (SSSR count). The minimum atomic E-state index is -0.427. The van der Waals surface area contributed by atoms with E-state index in [4.69, 9.17) is 0 Å². The molecule has 1 saturated heterocycles. The Balaban J connectivity index is 1.66. The van der Waals surface area contributed by atoms with E-state index < -0.39 is 5.95 Å². The van der Waals surface area contributed by atoms with Crippen LogP contribution in [0.1, 0.15) is 0 Å². The molecule has 1 aliphatic heterocycles. The summed E-state index contributed by atoms with van der Waals surface area (Å²) < 4.78 is 14.0. The Morgan fingerprint density at radius 2 is 1.84 bits per heavy atom. The van der Waals surface area contributed by atoms with Gasteiger partial charge in [-0.15, -0.1) is 11.3 Å². The zero-order valence-electron chi connectivity index (χ0n) is 10.1. The summed E-state index contributed by atoms with van der Waals surface area (Å²) >= 11 is 5.00. The van der Waals surface area contributed by atoms with Crippen molar-refractivity contribution in [2.45, 2.75) is 0 Å². The maximum Gasteiger partial charge on any atom is 0.214 e. The van der Waals surface area contributed by atoms with E-state index >= 15 is 0 Å². The molecule has 0 aromatic carbocycles. The van der Waals surface area contributed by atoms with Crippen LogP contribution in [0.4, 0.5) is 15.3 Å². The van der Waals surface area contributed by atoms with Gasteiger partial charge in [0, 0.05) is 31.6 Å². The monoisotopic (exact) mass is 342 g/mol. The molecule has 100 valence electrons. The number of aromatic nitrogens is 2. The SMILES string of the molecule is Fc1cccc(N2CCN(c3nc(Br)cs3)CC2)n1. The molecule has 0 amide bonds. The number of anilines is 2. The van der Waals surface area contributed by atoms with Crippen LogP contribution in [0.2, 0.25) is 0 Å². The van der Waals surface area contributed by atoms with Crippen LogP contribution in [0, 0.1) is 5.95 Å². The molecule has 0 spiro atoms. The molecule has 7 heteroatoms. The highest BCUT2D eigenvalue weighted by Crippen LogP contribution is 2.25. The lowest BCUT2D eigenvalue weighted by Gasteiger charge is -2.35. The topological polar surface area (TPSA) is 32.3 Å². The van der Waals surface area contributed by atoms with E-state index in [1.165, 1.54) is 6.07 Å². The van der Waals surface area contributed by atoms with Gasteiger partial charge in [-0.2, -0.15) is 4.39 Å². The quantitative estimate of drug-likeness (QED) is 0.785. The number of nitrogens with zero attached hydrogens (tertiary/aromatic N) is 4. The molecule has 19 heavy (non-hydrogen) atoms. The van der Waals surface area contributed by atoms with Gasteiger partial charge in [-0.3, -0.25) is 0 Å². The normalized spacial score (nSPS) is 15.9. The number of thiazole rings is 1. The van der Waals surface area contributed by atoms with Gasteiger partial charge in [0.05, 0.1) is 0 Å². The van der Waals surface area contributed by atoms with Crippen molar-refractivity contribution >= 4 is 38.2 Å². The largest absolute Gasteiger partial charge is 0.353 e. The van der Waals surface area contributed by atoms with Gasteiger partial charge in [0.15, 0.2) is 5.13 Å². The van der Waals surface area contributed by atoms with Gasteiger partial charge < -0.3 is 9.80 Å². The lowest BCUT2D eigenvalue weighted by Crippen LogP contribution is -2.46. The Morgan fingerprint density at radius 1 is 1.11 bits per heavy atom. The van der Waals surface area contributed by atoms with Gasteiger partial charge in [0.25, 0.3) is 0 Å². The Kier molecular flexibility index (Phi) is 3.65. The molecule has 3 heterocycles. The standard InChI is InChI=1S/C12H12BrFN4S/c13-9-8-19-12(15-9)18-6-4-17(5-7-18)11-3-1-2-10(14)16-11/h1-3,8H,4-7H2. The van der Waals surface area contributed by atoms with Gasteiger partial charge in [-0.1, -0.05) is 6.07 Å². The second-order valence-electron chi connectivity index (χ2n) is 4.25. The van der Waals surface area contributed by atoms with Crippen molar-refractivity contribution in [3.63, 3.8) is 0 Å². The summed E-state index contributed by atoms with van der Waals surface area (Å²) in [6.45, 7) is 3.40. The molecular formula is C12H12BrFN4S. The third-order valence-corrected chi connectivity index (χ3v) is 4.65. The second kappa shape index (κ2) is 5.42. The first-order valence-electron chi connectivity index (χ1n) is 5.96. The summed E-state index contributed by atoms with van der Waals surface area (Å²) in [6, 6.07) is 4.91. The number of rotatable bonds is 2. The van der Waals surface area contributed by atoms with E-state index in [1.54, 1.807) is 17.4 Å². The predicted octanol–water partition coefficient (Wildman–Crippen LogP) is 2.77. The zero-order valence-corrected chi connectivity index (χ0v) is 12.5. The van der Waals surface area contributed by atoms with Crippen LogP contribution in [0.15, 0.2) is 28.2 Å². The van der Waals surface area contributed by atoms with E-state index in [0.717, 1.165) is 35.9 Å². The Labute approximate surface area is 123 Å². The molecule has 2 aromatic rings. The maximum absolute atomic E-state index is 13.1. The molecule has 4 nitrogen and oxygen atoms in total. The Morgan fingerprint density at radius 3 is 2.47 bits per heavy atom. The summed E-state index contributed by atoms with van der Waals surface area (Å²) in [7, 11) is 0. The Hall–Kier alpha value is -1.21. The smallest absolute Gasteiger partial charge is 0.214 e. The van der Waals surface area contributed by atoms with Crippen molar-refractivity contribution in [2.24, 2.45) is 0 Å². The van der Waals surface area contributed by atoms with Gasteiger partial charge in [0.2, 0.25) is 5.95 Å². The lowest BCUT2D eigenvalue weighted by atomic mass is 10.3. The summed E-state index contributed by atoms with van der Waals surface area (Å²) in [5, 5.41) is 3.01. The van der Waals surface area contributed by atoms with E-state index in [0.29, 0.717) is 5.82 Å². The fourth-order valence-corrected chi connectivity index (χ4v) is 3.39. The summed E-state index contributed by atoms with van der Waals surface area (Å²) in [5.74, 6) is 0.281. The van der Waals surface area contributed by atoms with Crippen molar-refractivity contribution in [1.29, 1.82) is 0 Å². The highest BCUT2D eigenvalue weighted by molar-refractivity contribution is 9.10. The molecule has 0 bridgehead atoms. The van der Waals surface area contributed by atoms with E-state index in [2.05, 4.69) is 35.7 Å². The van der Waals surface area contributed by atoms with Gasteiger partial charge in [0.1, 0.15) is 10.4 Å². The molecule has 0 aliphatic carbocycles. The first-order chi connectivity index (χ1) is 9.22. The summed E-state index contributed by atoms with van der Waals surface area (Å²) in [6.07, 6.45) is 0. The first-order valence-corrected chi connectivity index (χ1v) is 7.63. The number of piperazine rings is 1. The molecule has 0 N–H and O–H groups in total. The van der Waals surface area contributed by atoms with Crippen molar-refractivity contribution in [1.82, 2.24) is 9.97 Å². The second-order valence-corrected chi connectivity index (χ2v) is 5.89. The lowest BCUT2D eigenvalue weighted by molar-refractivity contribution is 0.575. The molecule has 0 atom stereocenters. The molecule has 0 saturated carbocycles. The van der Waals surface area contributed by atoms with Crippen LogP contribution in [-0.4, -0.2) is 36.1 Å². The van der Waals surface area contributed by atoms with Crippen LogP contribution in [-0.2, 0) is 0 Å². The fraction of sp³-hybridized carbons (Fsp3) is 0.333. The number of halogens is 2. The molecule has 1 fully saturated rings. The fourth-order valence-electron chi connectivity index (χ4n) is 2.09. The zero-order chi connectivity index (χ0) is 13.2. The average molecular weight is 343 g/mol. The van der Waals surface area contributed by atoms with Crippen molar-refractivity contribution in [3.8, 4) is 0 Å². The summed E-state index contributed by atoms with van der Waals surface area (Å²) in [4.78, 5) is 12.7. The molecular weight excluding hydrogens is 331 g/mol. The van der Waals surface area contributed by atoms with E-state index in [9.17, 15) is 4.39 Å².